The van der Waals surface area contributed by atoms with Gasteiger partial charge in [-0.3, -0.25) is 4.79 Å². The van der Waals surface area contributed by atoms with Crippen molar-refractivity contribution in [1.82, 2.24) is 10.3 Å². The van der Waals surface area contributed by atoms with E-state index in [1.807, 2.05) is 0 Å². The molecule has 0 bridgehead atoms. The molecule has 1 saturated carbocycles. The van der Waals surface area contributed by atoms with Crippen LogP contribution in [0, 0.1) is 5.92 Å². The lowest BCUT2D eigenvalue weighted by molar-refractivity contribution is -0.139. The summed E-state index contributed by atoms with van der Waals surface area (Å²) < 4.78 is 6.11. The highest BCUT2D eigenvalue weighted by molar-refractivity contribution is 6.39. The summed E-state index contributed by atoms with van der Waals surface area (Å²) >= 11 is 12.2. The van der Waals surface area contributed by atoms with Crippen LogP contribution in [-0.2, 0) is 22.4 Å². The third-order valence-electron chi connectivity index (χ3n) is 7.04. The summed E-state index contributed by atoms with van der Waals surface area (Å²) in [7, 11) is 0. The predicted molar refractivity (Wildman–Crippen MR) is 141 cm³/mol. The first-order valence-corrected chi connectivity index (χ1v) is 13.5. The molecule has 2 aromatic rings. The Hall–Kier alpha value is -2.35. The number of rotatable bonds is 10. The molecule has 2 aliphatic rings. The number of amides is 1. The summed E-state index contributed by atoms with van der Waals surface area (Å²) in [6, 6.07) is 8.06. The fourth-order valence-electron chi connectivity index (χ4n) is 5.05. The monoisotopic (exact) mass is 533 g/mol. The fraction of sp³-hybridized carbons (Fsp3) is 0.519. The lowest BCUT2D eigenvalue weighted by Crippen LogP contribution is -2.42. The first kappa shape index (κ1) is 26.7. The van der Waals surface area contributed by atoms with Crippen LogP contribution in [-0.4, -0.2) is 47.3 Å². The van der Waals surface area contributed by atoms with Gasteiger partial charge in [0.25, 0.3) is 5.91 Å². The van der Waals surface area contributed by atoms with Gasteiger partial charge in [0, 0.05) is 18.8 Å². The van der Waals surface area contributed by atoms with Gasteiger partial charge in [-0.1, -0.05) is 35.3 Å². The lowest BCUT2D eigenvalue weighted by atomic mass is 9.83. The van der Waals surface area contributed by atoms with Gasteiger partial charge in [-0.05, 0) is 87.5 Å². The van der Waals surface area contributed by atoms with Crippen molar-refractivity contribution >= 4 is 40.9 Å². The van der Waals surface area contributed by atoms with E-state index < -0.39 is 17.9 Å². The second kappa shape index (κ2) is 12.7. The van der Waals surface area contributed by atoms with Crippen molar-refractivity contribution in [2.75, 3.05) is 18.5 Å². The minimum Gasteiger partial charge on any atom is -0.480 e. The zero-order chi connectivity index (χ0) is 25.5. The third kappa shape index (κ3) is 7.11. The minimum atomic E-state index is -1.06. The number of halogens is 2. The molecule has 0 unspecified atom stereocenters. The van der Waals surface area contributed by atoms with Gasteiger partial charge in [-0.15, -0.1) is 0 Å². The van der Waals surface area contributed by atoms with Gasteiger partial charge < -0.3 is 20.5 Å². The number of aryl methyl sites for hydroxylation is 2. The number of carbonyl (C=O) groups excluding carboxylic acids is 1. The van der Waals surface area contributed by atoms with Crippen LogP contribution in [0.1, 0.15) is 66.6 Å². The SMILES string of the molecule is O=C(N[C@H](CC1CCC(OCCCc2ccc3c(n2)NCCC3)CC1)C(=O)O)c1c(Cl)cccc1Cl. The van der Waals surface area contributed by atoms with Crippen LogP contribution in [0.4, 0.5) is 5.82 Å². The van der Waals surface area contributed by atoms with E-state index >= 15 is 0 Å². The number of carboxylic acid groups (broad SMARTS) is 1. The number of anilines is 1. The van der Waals surface area contributed by atoms with Crippen molar-refractivity contribution in [2.24, 2.45) is 5.92 Å². The van der Waals surface area contributed by atoms with Gasteiger partial charge in [0.05, 0.1) is 21.7 Å². The predicted octanol–water partition coefficient (Wildman–Crippen LogP) is 5.53. The molecule has 1 aromatic carbocycles. The maximum Gasteiger partial charge on any atom is 0.326 e. The number of carboxylic acids is 1. The van der Waals surface area contributed by atoms with Crippen molar-refractivity contribution in [3.8, 4) is 0 Å². The van der Waals surface area contributed by atoms with Crippen LogP contribution in [0.15, 0.2) is 30.3 Å². The highest BCUT2D eigenvalue weighted by Crippen LogP contribution is 2.30. The second-order valence-electron chi connectivity index (χ2n) is 9.65. The quantitative estimate of drug-likeness (QED) is 0.347. The molecule has 0 radical (unpaired) electrons. The van der Waals surface area contributed by atoms with Crippen molar-refractivity contribution < 1.29 is 19.4 Å². The number of fused-ring (bicyclic) bond motifs is 1. The van der Waals surface area contributed by atoms with Crippen LogP contribution in [0.2, 0.25) is 10.0 Å². The Kier molecular flexibility index (Phi) is 9.46. The molecule has 36 heavy (non-hydrogen) atoms. The zero-order valence-corrected chi connectivity index (χ0v) is 21.8. The van der Waals surface area contributed by atoms with Crippen LogP contribution in [0.25, 0.3) is 0 Å². The lowest BCUT2D eigenvalue weighted by Gasteiger charge is -2.30. The second-order valence-corrected chi connectivity index (χ2v) is 10.5. The molecule has 1 amide bonds. The molecule has 7 nitrogen and oxygen atoms in total. The Morgan fingerprint density at radius 1 is 1.14 bits per heavy atom. The molecule has 1 atom stereocenters. The number of nitrogens with one attached hydrogen (secondary N) is 2. The number of nitrogens with zero attached hydrogens (tertiary/aromatic N) is 1. The zero-order valence-electron chi connectivity index (χ0n) is 20.3. The van der Waals surface area contributed by atoms with Gasteiger partial charge in [0.1, 0.15) is 11.9 Å². The Labute approximate surface area is 221 Å². The summed E-state index contributed by atoms with van der Waals surface area (Å²) in [6.07, 6.45) is 8.15. The molecule has 1 aliphatic carbocycles. The Bertz CT molecular complexity index is 1050. The topological polar surface area (TPSA) is 101 Å². The summed E-state index contributed by atoms with van der Waals surface area (Å²) in [5.74, 6) is -0.390. The van der Waals surface area contributed by atoms with E-state index in [9.17, 15) is 14.7 Å². The van der Waals surface area contributed by atoms with Gasteiger partial charge in [0.15, 0.2) is 0 Å². The van der Waals surface area contributed by atoms with E-state index in [0.29, 0.717) is 13.0 Å². The molecule has 4 rings (SSSR count). The third-order valence-corrected chi connectivity index (χ3v) is 7.67. The number of benzene rings is 1. The molecular weight excluding hydrogens is 501 g/mol. The summed E-state index contributed by atoms with van der Waals surface area (Å²) in [6.45, 7) is 1.68. The summed E-state index contributed by atoms with van der Waals surface area (Å²) in [5, 5.41) is 16.0. The normalized spacial score (nSPS) is 20.2. The molecule has 0 saturated heterocycles. The van der Waals surface area contributed by atoms with E-state index in [-0.39, 0.29) is 27.6 Å². The van der Waals surface area contributed by atoms with E-state index in [1.54, 1.807) is 18.2 Å². The van der Waals surface area contributed by atoms with Crippen LogP contribution < -0.4 is 10.6 Å². The molecular formula is C27H33Cl2N3O4. The van der Waals surface area contributed by atoms with Crippen molar-refractivity contribution in [3.63, 3.8) is 0 Å². The van der Waals surface area contributed by atoms with Crippen LogP contribution in [0.5, 0.6) is 0 Å². The Morgan fingerprint density at radius 2 is 1.89 bits per heavy atom. The van der Waals surface area contributed by atoms with E-state index in [1.165, 1.54) is 5.56 Å². The largest absolute Gasteiger partial charge is 0.480 e. The van der Waals surface area contributed by atoms with Gasteiger partial charge in [-0.25, -0.2) is 9.78 Å². The summed E-state index contributed by atoms with van der Waals surface area (Å²) in [4.78, 5) is 29.2. The van der Waals surface area contributed by atoms with E-state index in [4.69, 9.17) is 32.9 Å². The maximum absolute atomic E-state index is 12.6. The standard InChI is InChI=1S/C27H33Cl2N3O4/c28-21-6-1-7-22(29)24(21)26(33)32-23(27(34)35)16-17-8-12-20(13-9-17)36-15-3-5-19-11-10-18-4-2-14-30-25(18)31-19/h1,6-7,10-11,17,20,23H,2-5,8-9,12-16H2,(H,30,31)(H,32,33)(H,34,35)/t17?,20?,23-/m1/s1. The fourth-order valence-corrected chi connectivity index (χ4v) is 5.61. The number of hydrogen-bond acceptors (Lipinski definition) is 5. The number of ether oxygens (including phenoxy) is 1. The molecule has 1 fully saturated rings. The molecule has 0 spiro atoms. The molecule has 3 N–H and O–H groups in total. The number of pyridine rings is 1. The average molecular weight is 534 g/mol. The van der Waals surface area contributed by atoms with Crippen molar-refractivity contribution in [3.05, 3.63) is 57.2 Å². The van der Waals surface area contributed by atoms with Crippen molar-refractivity contribution in [1.29, 1.82) is 0 Å². The first-order chi connectivity index (χ1) is 17.4. The summed E-state index contributed by atoms with van der Waals surface area (Å²) in [5.41, 5.74) is 2.50. The van der Waals surface area contributed by atoms with Gasteiger partial charge >= 0.3 is 5.97 Å². The molecule has 9 heteroatoms. The smallest absolute Gasteiger partial charge is 0.326 e. The Balaban J connectivity index is 1.18. The molecule has 2 heterocycles. The number of aliphatic carboxylic acids is 1. The highest BCUT2D eigenvalue weighted by atomic mass is 35.5. The van der Waals surface area contributed by atoms with Gasteiger partial charge in [0.2, 0.25) is 0 Å². The number of carbonyl (C=O) groups is 2. The number of aromatic nitrogens is 1. The van der Waals surface area contributed by atoms with Crippen molar-refractivity contribution in [2.45, 2.75) is 69.9 Å². The highest BCUT2D eigenvalue weighted by Gasteiger charge is 2.29. The average Bonchev–Trinajstić information content (AvgIpc) is 2.87. The van der Waals surface area contributed by atoms with Gasteiger partial charge in [-0.2, -0.15) is 0 Å². The maximum atomic E-state index is 12.6. The molecule has 194 valence electrons. The first-order valence-electron chi connectivity index (χ1n) is 12.7. The minimum absolute atomic E-state index is 0.103. The molecule has 1 aliphatic heterocycles. The Morgan fingerprint density at radius 3 is 2.61 bits per heavy atom. The van der Waals surface area contributed by atoms with E-state index in [0.717, 1.165) is 69.4 Å². The van der Waals surface area contributed by atoms with Crippen LogP contribution >= 0.6 is 23.2 Å². The van der Waals surface area contributed by atoms with Crippen LogP contribution in [0.3, 0.4) is 0 Å². The van der Waals surface area contributed by atoms with E-state index in [2.05, 4.69) is 22.8 Å². The number of hydrogen-bond donors (Lipinski definition) is 3. The molecule has 1 aromatic heterocycles.